The van der Waals surface area contributed by atoms with Gasteiger partial charge in [-0.1, -0.05) is 24.3 Å². The lowest BCUT2D eigenvalue weighted by Crippen LogP contribution is -2.37. The zero-order valence-electron chi connectivity index (χ0n) is 12.4. The number of urea groups is 1. The molecule has 1 aliphatic carbocycles. The summed E-state index contributed by atoms with van der Waals surface area (Å²) in [6.45, 7) is 1.38. The van der Waals surface area contributed by atoms with E-state index >= 15 is 0 Å². The van der Waals surface area contributed by atoms with E-state index in [1.165, 1.54) is 11.1 Å². The lowest BCUT2D eigenvalue weighted by Gasteiger charge is -2.14. The molecular weight excluding hydrogens is 278 g/mol. The molecule has 6 nitrogen and oxygen atoms in total. The van der Waals surface area contributed by atoms with Crippen LogP contribution in [0.25, 0.3) is 0 Å². The molecule has 0 saturated carbocycles. The van der Waals surface area contributed by atoms with Crippen molar-refractivity contribution in [3.8, 4) is 0 Å². The molecule has 2 aliphatic rings. The quantitative estimate of drug-likeness (QED) is 0.906. The van der Waals surface area contributed by atoms with Crippen molar-refractivity contribution in [3.63, 3.8) is 0 Å². The number of hydrogen-bond acceptors (Lipinski definition) is 3. The number of amides is 2. The maximum Gasteiger partial charge on any atom is 0.315 e. The van der Waals surface area contributed by atoms with Gasteiger partial charge in [-0.05, 0) is 30.4 Å². The Kier molecular flexibility index (Phi) is 3.29. The zero-order chi connectivity index (χ0) is 14.9. The summed E-state index contributed by atoms with van der Waals surface area (Å²) in [4.78, 5) is 12.1. The van der Waals surface area contributed by atoms with Gasteiger partial charge in [-0.15, -0.1) is 10.2 Å². The van der Waals surface area contributed by atoms with Crippen molar-refractivity contribution in [1.82, 2.24) is 25.4 Å². The molecule has 0 radical (unpaired) electrons. The lowest BCUT2D eigenvalue weighted by molar-refractivity contribution is 0.236. The van der Waals surface area contributed by atoms with Gasteiger partial charge < -0.3 is 15.2 Å². The molecule has 1 atom stereocenters. The maximum atomic E-state index is 12.1. The predicted molar refractivity (Wildman–Crippen MR) is 81.2 cm³/mol. The summed E-state index contributed by atoms with van der Waals surface area (Å²) in [6.07, 6.45) is 4.09. The van der Waals surface area contributed by atoms with Crippen LogP contribution in [0.15, 0.2) is 24.3 Å². The molecule has 2 amide bonds. The third kappa shape index (κ3) is 2.34. The fraction of sp³-hybridized carbons (Fsp3) is 0.438. The normalized spacial score (nSPS) is 18.8. The molecule has 0 unspecified atom stereocenters. The van der Waals surface area contributed by atoms with Crippen LogP contribution in [0.2, 0.25) is 0 Å². The second-order valence-electron chi connectivity index (χ2n) is 5.90. The topological polar surface area (TPSA) is 71.8 Å². The Bertz CT molecular complexity index is 708. The van der Waals surface area contributed by atoms with E-state index in [1.54, 1.807) is 0 Å². The summed E-state index contributed by atoms with van der Waals surface area (Å²) < 4.78 is 2.10. The van der Waals surface area contributed by atoms with Gasteiger partial charge in [0.1, 0.15) is 5.82 Å². The van der Waals surface area contributed by atoms with E-state index in [0.717, 1.165) is 43.9 Å². The second kappa shape index (κ2) is 5.44. The minimum atomic E-state index is -0.142. The van der Waals surface area contributed by atoms with Crippen LogP contribution in [0.5, 0.6) is 0 Å². The first-order valence-electron chi connectivity index (χ1n) is 7.84. The molecule has 0 saturated heterocycles. The molecule has 2 heterocycles. The maximum absolute atomic E-state index is 12.1. The predicted octanol–water partition coefficient (Wildman–Crippen LogP) is 1.71. The van der Waals surface area contributed by atoms with E-state index < -0.39 is 0 Å². The highest BCUT2D eigenvalue weighted by Crippen LogP contribution is 2.30. The van der Waals surface area contributed by atoms with Crippen LogP contribution >= 0.6 is 0 Å². The number of carbonyl (C=O) groups is 1. The summed E-state index contributed by atoms with van der Waals surface area (Å²) in [6, 6.07) is 8.27. The van der Waals surface area contributed by atoms with Gasteiger partial charge in [-0.2, -0.15) is 0 Å². The minimum absolute atomic E-state index is 0.111. The molecule has 2 aromatic rings. The molecule has 1 aliphatic heterocycles. The first-order valence-corrected chi connectivity index (χ1v) is 7.84. The molecule has 1 aromatic heterocycles. The molecule has 2 N–H and O–H groups in total. The third-order valence-electron chi connectivity index (χ3n) is 4.53. The first-order chi connectivity index (χ1) is 10.8. The van der Waals surface area contributed by atoms with Crippen molar-refractivity contribution >= 4 is 6.03 Å². The summed E-state index contributed by atoms with van der Waals surface area (Å²) >= 11 is 0. The molecular formula is C16H19N5O. The molecule has 22 heavy (non-hydrogen) atoms. The van der Waals surface area contributed by atoms with Crippen LogP contribution in [0.1, 0.15) is 41.7 Å². The van der Waals surface area contributed by atoms with Gasteiger partial charge in [0.15, 0.2) is 5.82 Å². The van der Waals surface area contributed by atoms with Crippen molar-refractivity contribution < 1.29 is 4.79 Å². The Morgan fingerprint density at radius 1 is 1.27 bits per heavy atom. The average Bonchev–Trinajstić information content (AvgIpc) is 3.22. The highest BCUT2D eigenvalue weighted by molar-refractivity contribution is 5.74. The fourth-order valence-electron chi connectivity index (χ4n) is 3.42. The van der Waals surface area contributed by atoms with Crippen molar-refractivity contribution in [1.29, 1.82) is 0 Å². The van der Waals surface area contributed by atoms with Crippen LogP contribution in [0, 0.1) is 0 Å². The van der Waals surface area contributed by atoms with E-state index in [9.17, 15) is 4.79 Å². The van der Waals surface area contributed by atoms with Crippen LogP contribution in [-0.2, 0) is 25.9 Å². The van der Waals surface area contributed by atoms with Crippen molar-refractivity contribution in [3.05, 3.63) is 47.0 Å². The highest BCUT2D eigenvalue weighted by atomic mass is 16.2. The summed E-state index contributed by atoms with van der Waals surface area (Å²) in [7, 11) is 0. The molecule has 0 bridgehead atoms. The molecule has 4 rings (SSSR count). The summed E-state index contributed by atoms with van der Waals surface area (Å²) in [5.41, 5.74) is 2.57. The molecule has 0 spiro atoms. The lowest BCUT2D eigenvalue weighted by atomic mass is 10.1. The van der Waals surface area contributed by atoms with Gasteiger partial charge in [0.05, 0.1) is 12.6 Å². The number of nitrogens with zero attached hydrogens (tertiary/aromatic N) is 3. The van der Waals surface area contributed by atoms with Gasteiger partial charge in [0.25, 0.3) is 0 Å². The van der Waals surface area contributed by atoms with Gasteiger partial charge in [-0.25, -0.2) is 4.79 Å². The molecule has 0 fully saturated rings. The minimum Gasteiger partial charge on any atom is -0.331 e. The smallest absolute Gasteiger partial charge is 0.315 e. The number of fused-ring (bicyclic) bond motifs is 2. The third-order valence-corrected chi connectivity index (χ3v) is 4.53. The standard InChI is InChI=1S/C16H19N5O/c22-16(17-10-15-20-19-14-6-3-9-21(14)15)18-13-8-7-11-4-1-2-5-12(11)13/h1-2,4-5,13H,3,6-10H2,(H2,17,18,22)/t13-/m1/s1. The number of benzene rings is 1. The SMILES string of the molecule is O=C(NCc1nnc2n1CCC2)N[C@@H]1CCc2ccccc21. The second-order valence-corrected chi connectivity index (χ2v) is 5.90. The van der Waals surface area contributed by atoms with Crippen molar-refractivity contribution in [2.24, 2.45) is 0 Å². The number of carbonyl (C=O) groups excluding carboxylic acids is 1. The summed E-state index contributed by atoms with van der Waals surface area (Å²) in [5, 5.41) is 14.3. The van der Waals surface area contributed by atoms with E-state index in [4.69, 9.17) is 0 Å². The van der Waals surface area contributed by atoms with E-state index in [1.807, 2.05) is 12.1 Å². The fourth-order valence-corrected chi connectivity index (χ4v) is 3.42. The van der Waals surface area contributed by atoms with Gasteiger partial charge >= 0.3 is 6.03 Å². The van der Waals surface area contributed by atoms with Crippen LogP contribution in [-0.4, -0.2) is 20.8 Å². The van der Waals surface area contributed by atoms with Gasteiger partial charge in [-0.3, -0.25) is 0 Å². The highest BCUT2D eigenvalue weighted by Gasteiger charge is 2.23. The zero-order valence-corrected chi connectivity index (χ0v) is 12.4. The Balaban J connectivity index is 1.36. The van der Waals surface area contributed by atoms with Crippen LogP contribution in [0.4, 0.5) is 4.79 Å². The largest absolute Gasteiger partial charge is 0.331 e. The number of hydrogen-bond donors (Lipinski definition) is 2. The number of rotatable bonds is 3. The Labute approximate surface area is 128 Å². The van der Waals surface area contributed by atoms with Crippen LogP contribution in [0.3, 0.4) is 0 Å². The first kappa shape index (κ1) is 13.3. The monoisotopic (exact) mass is 297 g/mol. The molecule has 114 valence electrons. The number of nitrogens with one attached hydrogen (secondary N) is 2. The molecule has 1 aromatic carbocycles. The Morgan fingerprint density at radius 3 is 3.14 bits per heavy atom. The Morgan fingerprint density at radius 2 is 2.18 bits per heavy atom. The summed E-state index contributed by atoms with van der Waals surface area (Å²) in [5.74, 6) is 1.87. The van der Waals surface area contributed by atoms with Gasteiger partial charge in [0.2, 0.25) is 0 Å². The number of aryl methyl sites for hydroxylation is 2. The van der Waals surface area contributed by atoms with E-state index in [0.29, 0.717) is 6.54 Å². The number of aromatic nitrogens is 3. The van der Waals surface area contributed by atoms with Crippen LogP contribution < -0.4 is 10.6 Å². The van der Waals surface area contributed by atoms with Gasteiger partial charge in [0, 0.05) is 13.0 Å². The molecule has 6 heteroatoms. The average molecular weight is 297 g/mol. The van der Waals surface area contributed by atoms with Crippen molar-refractivity contribution in [2.75, 3.05) is 0 Å². The Hall–Kier alpha value is -2.37. The van der Waals surface area contributed by atoms with E-state index in [-0.39, 0.29) is 12.1 Å². The van der Waals surface area contributed by atoms with E-state index in [2.05, 4.69) is 37.5 Å². The van der Waals surface area contributed by atoms with Crippen molar-refractivity contribution in [2.45, 2.75) is 44.8 Å².